The van der Waals surface area contributed by atoms with E-state index < -0.39 is 6.03 Å². The van der Waals surface area contributed by atoms with Gasteiger partial charge in [0.15, 0.2) is 0 Å². The molecule has 0 fully saturated rings. The van der Waals surface area contributed by atoms with Gasteiger partial charge in [-0.3, -0.25) is 0 Å². The van der Waals surface area contributed by atoms with Gasteiger partial charge in [0.1, 0.15) is 5.75 Å². The minimum atomic E-state index is -0.408. The number of ether oxygens (including phenoxy) is 1. The molecule has 2 amide bonds. The van der Waals surface area contributed by atoms with Gasteiger partial charge < -0.3 is 31.5 Å². The van der Waals surface area contributed by atoms with Gasteiger partial charge in [-0.05, 0) is 12.1 Å². The Balaban J connectivity index is 2.10. The van der Waals surface area contributed by atoms with Crippen molar-refractivity contribution in [3.8, 4) is 5.75 Å². The fourth-order valence-electron chi connectivity index (χ4n) is 2.17. The summed E-state index contributed by atoms with van der Waals surface area (Å²) in [5.41, 5.74) is 8.06. The van der Waals surface area contributed by atoms with E-state index in [1.54, 1.807) is 43.5 Å². The fraction of sp³-hybridized carbons (Fsp3) is 0.235. The van der Waals surface area contributed by atoms with Crippen molar-refractivity contribution >= 4 is 23.1 Å². The Labute approximate surface area is 140 Å². The summed E-state index contributed by atoms with van der Waals surface area (Å²) in [6, 6.07) is 12.0. The molecule has 0 aromatic heterocycles. The number of benzene rings is 2. The van der Waals surface area contributed by atoms with Crippen LogP contribution in [0.4, 0.5) is 21.9 Å². The number of nitrogens with two attached hydrogens (primary N) is 1. The molecular formula is C17H22N4O3. The van der Waals surface area contributed by atoms with Crippen LogP contribution in [0.3, 0.4) is 0 Å². The predicted octanol–water partition coefficient (Wildman–Crippen LogP) is 2.20. The zero-order chi connectivity index (χ0) is 17.4. The molecule has 0 unspecified atom stereocenters. The molecule has 0 atom stereocenters. The second kappa shape index (κ2) is 8.76. The van der Waals surface area contributed by atoms with Crippen LogP contribution in [0.15, 0.2) is 42.5 Å². The molecule has 0 heterocycles. The molecule has 0 spiro atoms. The maximum Gasteiger partial charge on any atom is 0.323 e. The topological polar surface area (TPSA) is 109 Å². The number of hydrogen-bond donors (Lipinski definition) is 5. The number of hydrogen-bond acceptors (Lipinski definition) is 5. The molecule has 2 aromatic rings. The molecule has 2 aromatic carbocycles. The molecule has 0 bridgehead atoms. The summed E-state index contributed by atoms with van der Waals surface area (Å²) >= 11 is 0. The van der Waals surface area contributed by atoms with Crippen molar-refractivity contribution in [2.24, 2.45) is 5.73 Å². The first-order chi connectivity index (χ1) is 11.7. The Kier molecular flexibility index (Phi) is 6.41. The summed E-state index contributed by atoms with van der Waals surface area (Å²) in [5.74, 6) is 0.614. The van der Waals surface area contributed by atoms with E-state index >= 15 is 0 Å². The lowest BCUT2D eigenvalue weighted by atomic mass is 10.2. The van der Waals surface area contributed by atoms with Crippen molar-refractivity contribution in [1.82, 2.24) is 0 Å². The van der Waals surface area contributed by atoms with Crippen LogP contribution >= 0.6 is 0 Å². The maximum absolute atomic E-state index is 12.2. The lowest BCUT2D eigenvalue weighted by Crippen LogP contribution is -2.20. The Morgan fingerprint density at radius 1 is 1.17 bits per heavy atom. The minimum absolute atomic E-state index is 0.150. The Morgan fingerprint density at radius 2 is 1.92 bits per heavy atom. The van der Waals surface area contributed by atoms with Gasteiger partial charge in [0.05, 0.1) is 13.7 Å². The van der Waals surface area contributed by atoms with Crippen LogP contribution in [0.5, 0.6) is 5.75 Å². The van der Waals surface area contributed by atoms with Gasteiger partial charge in [-0.1, -0.05) is 18.2 Å². The number of methoxy groups -OCH3 is 1. The Hall–Kier alpha value is -2.77. The second-order valence-corrected chi connectivity index (χ2v) is 5.06. The standard InChI is InChI=1S/C17H22N4O3/c1-24-15-9-13(19-7-6-18)8-14(10-15)20-17(23)21-16-5-3-2-4-12(16)11-22/h2-5,8-10,19,22H,6-7,11,18H2,1H3,(H2,20,21,23). The third kappa shape index (κ3) is 4.87. The first-order valence-electron chi connectivity index (χ1n) is 7.56. The number of anilines is 3. The average molecular weight is 330 g/mol. The van der Waals surface area contributed by atoms with Gasteiger partial charge in [0, 0.05) is 47.8 Å². The van der Waals surface area contributed by atoms with E-state index in [-0.39, 0.29) is 6.61 Å². The molecule has 0 aliphatic heterocycles. The molecule has 128 valence electrons. The first kappa shape index (κ1) is 17.6. The van der Waals surface area contributed by atoms with Crippen molar-refractivity contribution in [2.75, 3.05) is 36.1 Å². The van der Waals surface area contributed by atoms with Crippen molar-refractivity contribution in [1.29, 1.82) is 0 Å². The number of amides is 2. The van der Waals surface area contributed by atoms with Crippen molar-refractivity contribution < 1.29 is 14.6 Å². The smallest absolute Gasteiger partial charge is 0.323 e. The van der Waals surface area contributed by atoms with E-state index in [0.717, 1.165) is 5.69 Å². The Bertz CT molecular complexity index is 691. The van der Waals surface area contributed by atoms with E-state index in [2.05, 4.69) is 16.0 Å². The number of aliphatic hydroxyl groups excluding tert-OH is 1. The van der Waals surface area contributed by atoms with Gasteiger partial charge in [0.2, 0.25) is 0 Å². The summed E-state index contributed by atoms with van der Waals surface area (Å²) in [5, 5.41) is 17.9. The zero-order valence-corrected chi connectivity index (χ0v) is 13.5. The highest BCUT2D eigenvalue weighted by atomic mass is 16.5. The molecule has 2 rings (SSSR count). The van der Waals surface area contributed by atoms with E-state index in [9.17, 15) is 9.90 Å². The van der Waals surface area contributed by atoms with Crippen LogP contribution in [0, 0.1) is 0 Å². The van der Waals surface area contributed by atoms with Gasteiger partial charge >= 0.3 is 6.03 Å². The van der Waals surface area contributed by atoms with Gasteiger partial charge in [-0.2, -0.15) is 0 Å². The normalized spacial score (nSPS) is 10.1. The first-order valence-corrected chi connectivity index (χ1v) is 7.56. The maximum atomic E-state index is 12.2. The molecule has 0 aliphatic carbocycles. The van der Waals surface area contributed by atoms with Crippen LogP contribution in [0.2, 0.25) is 0 Å². The third-order valence-electron chi connectivity index (χ3n) is 3.31. The lowest BCUT2D eigenvalue weighted by Gasteiger charge is -2.13. The summed E-state index contributed by atoms with van der Waals surface area (Å²) < 4.78 is 5.24. The molecule has 6 N–H and O–H groups in total. The summed E-state index contributed by atoms with van der Waals surface area (Å²) in [6.07, 6.45) is 0. The molecule has 0 saturated carbocycles. The number of carbonyl (C=O) groups excluding carboxylic acids is 1. The minimum Gasteiger partial charge on any atom is -0.497 e. The number of carbonyl (C=O) groups is 1. The molecule has 0 saturated heterocycles. The highest BCUT2D eigenvalue weighted by Gasteiger charge is 2.08. The number of rotatable bonds is 7. The Morgan fingerprint density at radius 3 is 2.62 bits per heavy atom. The molecule has 0 aliphatic rings. The monoisotopic (exact) mass is 330 g/mol. The summed E-state index contributed by atoms with van der Waals surface area (Å²) in [7, 11) is 1.56. The predicted molar refractivity (Wildman–Crippen MR) is 95.5 cm³/mol. The van der Waals surface area contributed by atoms with Gasteiger partial charge in [0.25, 0.3) is 0 Å². The number of nitrogens with one attached hydrogen (secondary N) is 3. The van der Waals surface area contributed by atoms with Crippen molar-refractivity contribution in [3.63, 3.8) is 0 Å². The molecule has 24 heavy (non-hydrogen) atoms. The van der Waals surface area contributed by atoms with Crippen LogP contribution in [0.25, 0.3) is 0 Å². The van der Waals surface area contributed by atoms with Gasteiger partial charge in [-0.15, -0.1) is 0 Å². The van der Waals surface area contributed by atoms with Crippen molar-refractivity contribution in [3.05, 3.63) is 48.0 Å². The van der Waals surface area contributed by atoms with E-state index in [1.807, 2.05) is 6.07 Å². The quantitative estimate of drug-likeness (QED) is 0.535. The van der Waals surface area contributed by atoms with E-state index in [1.165, 1.54) is 0 Å². The number of aliphatic hydroxyl groups is 1. The van der Waals surface area contributed by atoms with Crippen LogP contribution in [-0.4, -0.2) is 31.3 Å². The SMILES string of the molecule is COc1cc(NCCN)cc(NC(=O)Nc2ccccc2CO)c1. The van der Waals surface area contributed by atoms with Crippen LogP contribution in [-0.2, 0) is 6.61 Å². The highest BCUT2D eigenvalue weighted by Crippen LogP contribution is 2.24. The van der Waals surface area contributed by atoms with Crippen LogP contribution in [0.1, 0.15) is 5.56 Å². The molecule has 7 heteroatoms. The summed E-state index contributed by atoms with van der Waals surface area (Å²) in [6.45, 7) is 0.962. The lowest BCUT2D eigenvalue weighted by molar-refractivity contribution is 0.262. The van der Waals surface area contributed by atoms with E-state index in [4.69, 9.17) is 10.5 Å². The van der Waals surface area contributed by atoms with Gasteiger partial charge in [-0.25, -0.2) is 4.79 Å². The third-order valence-corrected chi connectivity index (χ3v) is 3.31. The molecule has 0 radical (unpaired) electrons. The second-order valence-electron chi connectivity index (χ2n) is 5.06. The average Bonchev–Trinajstić information content (AvgIpc) is 2.60. The van der Waals surface area contributed by atoms with E-state index in [0.29, 0.717) is 35.8 Å². The van der Waals surface area contributed by atoms with Crippen molar-refractivity contribution in [2.45, 2.75) is 6.61 Å². The number of urea groups is 1. The van der Waals surface area contributed by atoms with Crippen LogP contribution < -0.4 is 26.4 Å². The highest BCUT2D eigenvalue weighted by molar-refractivity contribution is 6.00. The molecular weight excluding hydrogens is 308 g/mol. The number of para-hydroxylation sites is 1. The summed E-state index contributed by atoms with van der Waals surface area (Å²) in [4.78, 5) is 12.2. The largest absolute Gasteiger partial charge is 0.497 e. The molecule has 7 nitrogen and oxygen atoms in total. The fourth-order valence-corrected chi connectivity index (χ4v) is 2.17. The zero-order valence-electron chi connectivity index (χ0n) is 13.5.